The van der Waals surface area contributed by atoms with Gasteiger partial charge in [-0.05, 0) is 55.7 Å². The summed E-state index contributed by atoms with van der Waals surface area (Å²) in [6.45, 7) is 2.43. The molecule has 5 N–H and O–H groups in total. The van der Waals surface area contributed by atoms with E-state index in [1.165, 1.54) is 12.2 Å². The summed E-state index contributed by atoms with van der Waals surface area (Å²) >= 11 is 0. The molecule has 1 aliphatic carbocycles. The highest BCUT2D eigenvalue weighted by Crippen LogP contribution is 2.42. The maximum absolute atomic E-state index is 14.1. The van der Waals surface area contributed by atoms with E-state index in [1.54, 1.807) is 11.0 Å². The molecule has 0 spiro atoms. The Morgan fingerprint density at radius 3 is 2.67 bits per heavy atom. The number of likely N-dealkylation sites (tertiary alicyclic amines) is 1. The standard InChI is InChI=1S/C32H38N4O7/c1-2-3-11-26(19-12-14-22-27(37)35-30(41)32(22,17-19)31(42)43)36-16-7-6-10-24(28(36)38)34-25(29(39)40)15-13-20-18-33-23-9-5-4-8-21(20)23/h4-5,8-9,12,14,17-18,22,24-26,33-34H,2-3,6-7,10-11,13,15-16H2,1H3,(H,39,40)(H,42,43)(H,35,37,41). The first-order chi connectivity index (χ1) is 20.7. The first-order valence-electron chi connectivity index (χ1n) is 15.0. The average molecular weight is 591 g/mol. The largest absolute Gasteiger partial charge is 0.480 e. The highest BCUT2D eigenvalue weighted by molar-refractivity contribution is 6.19. The quantitative estimate of drug-likeness (QED) is 0.186. The lowest BCUT2D eigenvalue weighted by Crippen LogP contribution is -2.54. The zero-order valence-corrected chi connectivity index (χ0v) is 24.2. The number of para-hydroxylation sites is 1. The van der Waals surface area contributed by atoms with Crippen LogP contribution < -0.4 is 10.6 Å². The van der Waals surface area contributed by atoms with E-state index in [4.69, 9.17) is 0 Å². The predicted octanol–water partition coefficient (Wildman–Crippen LogP) is 2.92. The van der Waals surface area contributed by atoms with Crippen molar-refractivity contribution in [2.75, 3.05) is 6.54 Å². The smallest absolute Gasteiger partial charge is 0.324 e. The highest BCUT2D eigenvalue weighted by Gasteiger charge is 2.60. The number of aryl methyl sites for hydroxylation is 1. The number of unbranched alkanes of at least 4 members (excludes halogenated alkanes) is 1. The Bertz CT molecular complexity index is 1490. The van der Waals surface area contributed by atoms with Crippen LogP contribution in [0.5, 0.6) is 0 Å². The second-order valence-electron chi connectivity index (χ2n) is 11.7. The normalized spacial score (nSPS) is 25.2. The number of fused-ring (bicyclic) bond motifs is 2. The van der Waals surface area contributed by atoms with Crippen LogP contribution in [0.3, 0.4) is 0 Å². The Morgan fingerprint density at radius 1 is 1.14 bits per heavy atom. The van der Waals surface area contributed by atoms with Crippen LogP contribution in [0.25, 0.3) is 10.9 Å². The van der Waals surface area contributed by atoms with Crippen molar-refractivity contribution in [3.05, 3.63) is 59.8 Å². The first kappa shape index (κ1) is 30.2. The monoisotopic (exact) mass is 590 g/mol. The molecule has 5 unspecified atom stereocenters. The lowest BCUT2D eigenvalue weighted by Gasteiger charge is -2.37. The number of H-pyrrole nitrogens is 1. The van der Waals surface area contributed by atoms with Crippen molar-refractivity contribution in [3.63, 3.8) is 0 Å². The Hall–Kier alpha value is -4.25. The van der Waals surface area contributed by atoms with Crippen molar-refractivity contribution in [2.45, 2.75) is 76.4 Å². The topological polar surface area (TPSA) is 169 Å². The van der Waals surface area contributed by atoms with E-state index < -0.39 is 53.2 Å². The van der Waals surface area contributed by atoms with Crippen LogP contribution in [0.4, 0.5) is 0 Å². The molecular weight excluding hydrogens is 552 g/mol. The number of nitrogens with zero attached hydrogens (tertiary/aromatic N) is 1. The van der Waals surface area contributed by atoms with Gasteiger partial charge in [-0.2, -0.15) is 0 Å². The molecule has 228 valence electrons. The van der Waals surface area contributed by atoms with E-state index in [2.05, 4.69) is 15.6 Å². The number of carbonyl (C=O) groups is 5. The van der Waals surface area contributed by atoms with Crippen molar-refractivity contribution in [1.82, 2.24) is 20.5 Å². The SMILES string of the molecule is CCCCC(C1=CC2(C(=O)O)C(=O)NC(=O)C2C=C1)N1CCCCC(NC(CCc2c[nH]c3ccccc23)C(=O)O)C1=O. The fourth-order valence-corrected chi connectivity index (χ4v) is 6.64. The number of amides is 3. The maximum Gasteiger partial charge on any atom is 0.324 e. The van der Waals surface area contributed by atoms with Gasteiger partial charge >= 0.3 is 11.9 Å². The summed E-state index contributed by atoms with van der Waals surface area (Å²) in [4.78, 5) is 68.9. The number of hydrogen-bond donors (Lipinski definition) is 5. The molecule has 2 fully saturated rings. The number of aromatic nitrogens is 1. The Kier molecular flexibility index (Phi) is 8.82. The summed E-state index contributed by atoms with van der Waals surface area (Å²) in [6.07, 6.45) is 11.1. The molecule has 11 heteroatoms. The van der Waals surface area contributed by atoms with E-state index in [0.717, 1.165) is 29.3 Å². The van der Waals surface area contributed by atoms with Crippen LogP contribution >= 0.6 is 0 Å². The minimum Gasteiger partial charge on any atom is -0.480 e. The van der Waals surface area contributed by atoms with Crippen molar-refractivity contribution >= 4 is 40.6 Å². The number of carboxylic acid groups (broad SMARTS) is 2. The summed E-state index contributed by atoms with van der Waals surface area (Å²) in [7, 11) is 0. The predicted molar refractivity (Wildman–Crippen MR) is 158 cm³/mol. The van der Waals surface area contributed by atoms with Gasteiger partial charge in [0.1, 0.15) is 6.04 Å². The molecule has 3 heterocycles. The van der Waals surface area contributed by atoms with Crippen LogP contribution in [0.1, 0.15) is 57.4 Å². The summed E-state index contributed by atoms with van der Waals surface area (Å²) < 4.78 is 0. The second-order valence-corrected chi connectivity index (χ2v) is 11.7. The molecule has 0 radical (unpaired) electrons. The third kappa shape index (κ3) is 5.73. The zero-order chi connectivity index (χ0) is 30.7. The molecule has 2 aliphatic heterocycles. The number of carbonyl (C=O) groups excluding carboxylic acids is 3. The molecule has 43 heavy (non-hydrogen) atoms. The van der Waals surface area contributed by atoms with Crippen molar-refractivity contribution in [3.8, 4) is 0 Å². The number of aromatic amines is 1. The van der Waals surface area contributed by atoms with Gasteiger partial charge in [0, 0.05) is 23.6 Å². The lowest BCUT2D eigenvalue weighted by molar-refractivity contribution is -0.152. The molecule has 5 rings (SSSR count). The van der Waals surface area contributed by atoms with Gasteiger partial charge in [-0.3, -0.25) is 34.6 Å². The van der Waals surface area contributed by atoms with Crippen LogP contribution in [0, 0.1) is 11.3 Å². The van der Waals surface area contributed by atoms with E-state index in [9.17, 15) is 34.2 Å². The highest BCUT2D eigenvalue weighted by atomic mass is 16.4. The molecule has 5 atom stereocenters. The first-order valence-corrected chi connectivity index (χ1v) is 15.0. The second kappa shape index (κ2) is 12.5. The Labute approximate surface area is 249 Å². The van der Waals surface area contributed by atoms with Gasteiger partial charge in [-0.25, -0.2) is 0 Å². The van der Waals surface area contributed by atoms with Crippen molar-refractivity contribution in [2.24, 2.45) is 11.3 Å². The van der Waals surface area contributed by atoms with Gasteiger partial charge in [-0.15, -0.1) is 0 Å². The number of imide groups is 1. The number of nitrogens with one attached hydrogen (secondary N) is 3. The molecule has 3 aliphatic rings. The molecular formula is C32H38N4O7. The molecule has 0 saturated carbocycles. The van der Waals surface area contributed by atoms with E-state index in [0.29, 0.717) is 50.6 Å². The van der Waals surface area contributed by atoms with Gasteiger partial charge < -0.3 is 20.1 Å². The maximum atomic E-state index is 14.1. The fraction of sp³-hybridized carbons (Fsp3) is 0.469. The van der Waals surface area contributed by atoms with E-state index in [-0.39, 0.29) is 5.91 Å². The molecule has 11 nitrogen and oxygen atoms in total. The molecule has 3 amide bonds. The van der Waals surface area contributed by atoms with Crippen LogP contribution in [-0.2, 0) is 30.4 Å². The Balaban J connectivity index is 1.38. The van der Waals surface area contributed by atoms with Crippen LogP contribution in [0.2, 0.25) is 0 Å². The van der Waals surface area contributed by atoms with Crippen molar-refractivity contribution < 1.29 is 34.2 Å². The molecule has 2 saturated heterocycles. The summed E-state index contributed by atoms with van der Waals surface area (Å²) in [5.74, 6) is -5.40. The van der Waals surface area contributed by atoms with Gasteiger partial charge in [0.25, 0.3) is 0 Å². The van der Waals surface area contributed by atoms with E-state index >= 15 is 0 Å². The van der Waals surface area contributed by atoms with Gasteiger partial charge in [0.05, 0.1) is 18.0 Å². The van der Waals surface area contributed by atoms with Crippen molar-refractivity contribution in [1.29, 1.82) is 0 Å². The number of aliphatic carboxylic acids is 2. The number of benzene rings is 1. The zero-order valence-electron chi connectivity index (χ0n) is 24.2. The molecule has 0 bridgehead atoms. The molecule has 2 aromatic rings. The lowest BCUT2D eigenvalue weighted by atomic mass is 9.71. The molecule has 1 aromatic heterocycles. The van der Waals surface area contributed by atoms with Crippen LogP contribution in [-0.4, -0.2) is 74.4 Å². The fourth-order valence-electron chi connectivity index (χ4n) is 6.64. The number of hydrogen-bond acceptors (Lipinski definition) is 6. The van der Waals surface area contributed by atoms with Gasteiger partial charge in [0.2, 0.25) is 17.7 Å². The summed E-state index contributed by atoms with van der Waals surface area (Å²) in [5.41, 5.74) is 0.425. The third-order valence-corrected chi connectivity index (χ3v) is 9.01. The van der Waals surface area contributed by atoms with Gasteiger partial charge in [-0.1, -0.05) is 56.2 Å². The van der Waals surface area contributed by atoms with Gasteiger partial charge in [0.15, 0.2) is 5.41 Å². The minimum atomic E-state index is -2.06. The summed E-state index contributed by atoms with van der Waals surface area (Å²) in [5, 5.41) is 26.5. The average Bonchev–Trinajstić information content (AvgIpc) is 3.45. The van der Waals surface area contributed by atoms with E-state index in [1.807, 2.05) is 37.4 Å². The Morgan fingerprint density at radius 2 is 1.93 bits per heavy atom. The van der Waals surface area contributed by atoms with Crippen LogP contribution in [0.15, 0.2) is 54.3 Å². The summed E-state index contributed by atoms with van der Waals surface area (Å²) in [6, 6.07) is 5.61. The number of rotatable bonds is 12. The minimum absolute atomic E-state index is 0.246. The third-order valence-electron chi connectivity index (χ3n) is 9.01. The molecule has 1 aromatic carbocycles. The number of carboxylic acids is 2.